The van der Waals surface area contributed by atoms with Crippen LogP contribution in [-0.4, -0.2) is 48.4 Å². The van der Waals surface area contributed by atoms with E-state index in [1.807, 2.05) is 13.8 Å². The summed E-state index contributed by atoms with van der Waals surface area (Å²) < 4.78 is 15.5. The van der Waals surface area contributed by atoms with Gasteiger partial charge in [0.1, 0.15) is 13.2 Å². The van der Waals surface area contributed by atoms with Crippen LogP contribution in [0.4, 0.5) is 0 Å². The lowest BCUT2D eigenvalue weighted by Gasteiger charge is -2.23. The van der Waals surface area contributed by atoms with Gasteiger partial charge in [-0.2, -0.15) is 0 Å². The normalized spacial score (nSPS) is 28.7. The first-order chi connectivity index (χ1) is 10.8. The molecule has 0 radical (unpaired) electrons. The highest BCUT2D eigenvalue weighted by Crippen LogP contribution is 2.44. The monoisotopic (exact) mass is 326 g/mol. The third kappa shape index (κ3) is 3.72. The predicted octanol–water partition coefficient (Wildman–Crippen LogP) is 1.16. The van der Waals surface area contributed by atoms with Gasteiger partial charge in [-0.3, -0.25) is 9.59 Å². The van der Waals surface area contributed by atoms with Gasteiger partial charge in [0.05, 0.1) is 24.0 Å². The van der Waals surface area contributed by atoms with E-state index in [-0.39, 0.29) is 19.1 Å². The molecule has 7 nitrogen and oxygen atoms in total. The van der Waals surface area contributed by atoms with Crippen LogP contribution in [0.15, 0.2) is 12.2 Å². The molecule has 0 saturated carbocycles. The fourth-order valence-corrected chi connectivity index (χ4v) is 2.99. The highest BCUT2D eigenvalue weighted by atomic mass is 16.6. The van der Waals surface area contributed by atoms with Crippen LogP contribution in [0.5, 0.6) is 0 Å². The molecule has 2 rings (SSSR count). The quantitative estimate of drug-likeness (QED) is 0.426. The number of carbonyl (C=O) groups excluding carboxylic acids is 2. The number of aliphatic carboxylic acids is 1. The minimum Gasteiger partial charge on any atom is -0.481 e. The van der Waals surface area contributed by atoms with Gasteiger partial charge in [-0.05, 0) is 18.8 Å². The van der Waals surface area contributed by atoms with Crippen molar-refractivity contribution in [3.05, 3.63) is 12.2 Å². The molecule has 4 atom stereocenters. The van der Waals surface area contributed by atoms with Crippen LogP contribution in [-0.2, 0) is 28.6 Å². The summed E-state index contributed by atoms with van der Waals surface area (Å²) >= 11 is 0. The van der Waals surface area contributed by atoms with E-state index in [1.54, 1.807) is 0 Å². The van der Waals surface area contributed by atoms with E-state index < -0.39 is 42.0 Å². The van der Waals surface area contributed by atoms with E-state index >= 15 is 0 Å². The lowest BCUT2D eigenvalue weighted by molar-refractivity contribution is -0.160. The third-order valence-electron chi connectivity index (χ3n) is 4.35. The average molecular weight is 326 g/mol. The zero-order chi connectivity index (χ0) is 17.1. The van der Waals surface area contributed by atoms with Gasteiger partial charge < -0.3 is 19.3 Å². The molecule has 1 N–H and O–H groups in total. The van der Waals surface area contributed by atoms with Gasteiger partial charge >= 0.3 is 17.9 Å². The summed E-state index contributed by atoms with van der Waals surface area (Å²) in [5.74, 6) is -3.84. The fraction of sp³-hybridized carbons (Fsp3) is 0.688. The molecule has 0 aromatic rings. The first-order valence-electron chi connectivity index (χ1n) is 7.73. The minimum atomic E-state index is -1.04. The first-order valence-corrected chi connectivity index (χ1v) is 7.73. The molecular weight excluding hydrogens is 304 g/mol. The smallest absolute Gasteiger partial charge is 0.333 e. The Hall–Kier alpha value is -1.89. The Morgan fingerprint density at radius 2 is 1.70 bits per heavy atom. The number of carboxylic acid groups (broad SMARTS) is 1. The lowest BCUT2D eigenvalue weighted by atomic mass is 9.79. The van der Waals surface area contributed by atoms with E-state index in [9.17, 15) is 19.5 Å². The summed E-state index contributed by atoms with van der Waals surface area (Å²) in [7, 11) is 0. The molecule has 2 bridgehead atoms. The van der Waals surface area contributed by atoms with E-state index in [4.69, 9.17) is 14.2 Å². The lowest BCUT2D eigenvalue weighted by Crippen LogP contribution is -2.39. The summed E-state index contributed by atoms with van der Waals surface area (Å²) in [4.78, 5) is 35.0. The first kappa shape index (κ1) is 17.5. The number of hydrogen-bond donors (Lipinski definition) is 1. The van der Waals surface area contributed by atoms with E-state index in [0.717, 1.165) is 0 Å². The molecule has 0 aliphatic carbocycles. The van der Waals surface area contributed by atoms with Crippen LogP contribution in [0.25, 0.3) is 0 Å². The Labute approximate surface area is 134 Å². The topological polar surface area (TPSA) is 99.1 Å². The van der Waals surface area contributed by atoms with Crippen LogP contribution in [0.2, 0.25) is 0 Å². The van der Waals surface area contributed by atoms with Crippen molar-refractivity contribution in [1.82, 2.24) is 0 Å². The number of fused-ring (bicyclic) bond motifs is 2. The molecule has 2 aliphatic heterocycles. The van der Waals surface area contributed by atoms with Gasteiger partial charge in [0.15, 0.2) is 0 Å². The van der Waals surface area contributed by atoms with Crippen molar-refractivity contribution in [2.24, 2.45) is 17.8 Å². The van der Waals surface area contributed by atoms with Crippen molar-refractivity contribution in [2.45, 2.75) is 38.9 Å². The molecule has 0 amide bonds. The van der Waals surface area contributed by atoms with Crippen LogP contribution in [0.3, 0.4) is 0 Å². The molecule has 2 aliphatic rings. The van der Waals surface area contributed by atoms with Crippen molar-refractivity contribution < 1.29 is 33.7 Å². The summed E-state index contributed by atoms with van der Waals surface area (Å²) in [6.45, 7) is 7.07. The molecule has 2 heterocycles. The molecule has 4 unspecified atom stereocenters. The second kappa shape index (κ2) is 7.12. The fourth-order valence-electron chi connectivity index (χ4n) is 2.99. The highest BCUT2D eigenvalue weighted by molar-refractivity contribution is 5.88. The summed E-state index contributed by atoms with van der Waals surface area (Å²) in [5, 5.41) is 9.25. The van der Waals surface area contributed by atoms with Gasteiger partial charge in [0.2, 0.25) is 0 Å². The van der Waals surface area contributed by atoms with Crippen molar-refractivity contribution in [1.29, 1.82) is 0 Å². The van der Waals surface area contributed by atoms with Crippen LogP contribution >= 0.6 is 0 Å². The van der Waals surface area contributed by atoms with Gasteiger partial charge in [0, 0.05) is 5.57 Å². The Kier molecular flexibility index (Phi) is 5.41. The number of hydrogen-bond acceptors (Lipinski definition) is 6. The number of rotatable bonds is 7. The van der Waals surface area contributed by atoms with Gasteiger partial charge in [-0.25, -0.2) is 4.79 Å². The molecule has 0 aromatic carbocycles. The molecule has 128 valence electrons. The number of esters is 2. The Morgan fingerprint density at radius 3 is 2.26 bits per heavy atom. The zero-order valence-corrected chi connectivity index (χ0v) is 13.3. The summed E-state index contributed by atoms with van der Waals surface area (Å²) in [6, 6.07) is 0. The van der Waals surface area contributed by atoms with Crippen molar-refractivity contribution in [2.75, 3.05) is 13.2 Å². The average Bonchev–Trinajstić information content (AvgIpc) is 3.10. The molecular formula is C16H22O7. The minimum absolute atomic E-state index is 0.0208. The van der Waals surface area contributed by atoms with Crippen LogP contribution < -0.4 is 0 Å². The maximum atomic E-state index is 12.1. The number of ether oxygens (including phenoxy) is 3. The zero-order valence-electron chi connectivity index (χ0n) is 13.3. The standard InChI is InChI=1S/C16H22O7/c1-8(2)9(3)15(19)21-6-7-22-16(20)13-11-5-4-10(23-11)12(13)14(17)18/h8,10-13H,3-7H2,1-2H3,(H,17,18). The van der Waals surface area contributed by atoms with Crippen LogP contribution in [0.1, 0.15) is 26.7 Å². The van der Waals surface area contributed by atoms with Gasteiger partial charge in [0.25, 0.3) is 0 Å². The molecule has 0 aromatic heterocycles. The van der Waals surface area contributed by atoms with E-state index in [0.29, 0.717) is 18.4 Å². The Balaban J connectivity index is 1.78. The highest BCUT2D eigenvalue weighted by Gasteiger charge is 2.56. The molecule has 2 saturated heterocycles. The number of carbonyl (C=O) groups is 3. The molecule has 2 fully saturated rings. The molecule has 7 heteroatoms. The van der Waals surface area contributed by atoms with Gasteiger partial charge in [-0.1, -0.05) is 20.4 Å². The van der Waals surface area contributed by atoms with Gasteiger partial charge in [-0.15, -0.1) is 0 Å². The maximum Gasteiger partial charge on any atom is 0.333 e. The Morgan fingerprint density at radius 1 is 1.13 bits per heavy atom. The third-order valence-corrected chi connectivity index (χ3v) is 4.35. The van der Waals surface area contributed by atoms with Crippen molar-refractivity contribution >= 4 is 17.9 Å². The second-order valence-electron chi connectivity index (χ2n) is 6.16. The molecule has 0 spiro atoms. The molecule has 23 heavy (non-hydrogen) atoms. The van der Waals surface area contributed by atoms with Crippen molar-refractivity contribution in [3.63, 3.8) is 0 Å². The SMILES string of the molecule is C=C(C(=O)OCCOC(=O)C1C2CCC(O2)C1C(=O)O)C(C)C. The van der Waals surface area contributed by atoms with Crippen LogP contribution in [0, 0.1) is 17.8 Å². The van der Waals surface area contributed by atoms with E-state index in [1.165, 1.54) is 0 Å². The maximum absolute atomic E-state index is 12.1. The second-order valence-corrected chi connectivity index (χ2v) is 6.16. The summed E-state index contributed by atoms with van der Waals surface area (Å²) in [6.07, 6.45) is 0.511. The summed E-state index contributed by atoms with van der Waals surface area (Å²) in [5.41, 5.74) is 0.351. The Bertz CT molecular complexity index is 511. The largest absolute Gasteiger partial charge is 0.481 e. The van der Waals surface area contributed by atoms with Crippen molar-refractivity contribution in [3.8, 4) is 0 Å². The number of carboxylic acids is 1. The predicted molar refractivity (Wildman–Crippen MR) is 78.4 cm³/mol. The van der Waals surface area contributed by atoms with E-state index in [2.05, 4.69) is 6.58 Å².